The number of carbonyl (C=O) groups excluding carboxylic acids is 6. The third kappa shape index (κ3) is 29.9. The Labute approximate surface area is 475 Å². The molecule has 0 aromatic heterocycles. The third-order valence-corrected chi connectivity index (χ3v) is 11.2. The van der Waals surface area contributed by atoms with Gasteiger partial charge < -0.3 is 67.3 Å². The second-order valence-corrected chi connectivity index (χ2v) is 17.9. The summed E-state index contributed by atoms with van der Waals surface area (Å²) in [4.78, 5) is 156. The maximum Gasteiger partial charge on any atom is 3.00 e. The number of halogens is 3. The zero-order chi connectivity index (χ0) is 58.0. The summed E-state index contributed by atoms with van der Waals surface area (Å²) in [6, 6.07) is -2.81. The van der Waals surface area contributed by atoms with Crippen LogP contribution in [-0.4, -0.2) is 237 Å². The topological polar surface area (TPSA) is 421 Å². The fourth-order valence-electron chi connectivity index (χ4n) is 7.37. The van der Waals surface area contributed by atoms with Crippen LogP contribution in [0.1, 0.15) is 51.5 Å². The van der Waals surface area contributed by atoms with Gasteiger partial charge >= 0.3 is 82.1 Å². The van der Waals surface area contributed by atoms with E-state index in [1.807, 2.05) is 0 Å². The summed E-state index contributed by atoms with van der Waals surface area (Å²) in [5, 5.41) is 70.5. The number of nitrogens with one attached hydrogen (secondary N) is 6. The Hall–Kier alpha value is -6.39. The van der Waals surface area contributed by atoms with Crippen LogP contribution in [0.4, 0.5) is 13.2 Å². The number of aliphatic carboxylic acids is 6. The van der Waals surface area contributed by atoms with Crippen LogP contribution in [-0.2, 0) is 64.1 Å². The Morgan fingerprint density at radius 1 is 0.513 bits per heavy atom. The Morgan fingerprint density at radius 3 is 1.35 bits per heavy atom. The van der Waals surface area contributed by atoms with Crippen LogP contribution in [0.3, 0.4) is 0 Å². The summed E-state index contributed by atoms with van der Waals surface area (Å²) in [6.07, 6.45) is -8.97. The van der Waals surface area contributed by atoms with Gasteiger partial charge in [0.2, 0.25) is 35.4 Å². The second-order valence-electron chi connectivity index (χ2n) is 17.9. The van der Waals surface area contributed by atoms with E-state index in [0.29, 0.717) is 0 Å². The molecule has 4 atom stereocenters. The van der Waals surface area contributed by atoms with Gasteiger partial charge in [0.25, 0.3) is 0 Å². The largest absolute Gasteiger partial charge is 3.00 e. The zero-order valence-electron chi connectivity index (χ0n) is 42.4. The molecule has 0 spiro atoms. The maximum atomic E-state index is 13.7. The van der Waals surface area contributed by atoms with Crippen LogP contribution in [0, 0.1) is 45.9 Å². The van der Waals surface area contributed by atoms with Gasteiger partial charge in [-0.1, -0.05) is 26.0 Å². The summed E-state index contributed by atoms with van der Waals surface area (Å²) in [5.41, 5.74) is 0.250. The van der Waals surface area contributed by atoms with Crippen molar-refractivity contribution in [3.8, 4) is 5.75 Å². The van der Waals surface area contributed by atoms with E-state index in [2.05, 4.69) is 36.6 Å². The molecule has 4 unspecified atom stereocenters. The molecule has 1 aliphatic rings. The summed E-state index contributed by atoms with van der Waals surface area (Å²) in [5.74, 6) is -15.7. The molecule has 1 aromatic rings. The number of hydrogen-bond donors (Lipinski definition) is 12. The molecular formula is C45H65F3GdN10O19+3. The van der Waals surface area contributed by atoms with Crippen molar-refractivity contribution < 1.29 is 146 Å². The molecule has 1 saturated heterocycles. The van der Waals surface area contributed by atoms with Gasteiger partial charge in [0.05, 0.1) is 39.0 Å². The van der Waals surface area contributed by atoms with Crippen LogP contribution in [0.2, 0.25) is 0 Å². The van der Waals surface area contributed by atoms with Crippen LogP contribution in [0.25, 0.3) is 0 Å². The number of hydrogen-bond acceptors (Lipinski definition) is 17. The minimum absolute atomic E-state index is 0. The maximum absolute atomic E-state index is 13.7. The van der Waals surface area contributed by atoms with Gasteiger partial charge in [-0.2, -0.15) is 0 Å². The van der Waals surface area contributed by atoms with Crippen molar-refractivity contribution in [2.24, 2.45) is 5.92 Å². The van der Waals surface area contributed by atoms with Gasteiger partial charge in [-0.3, -0.25) is 77.1 Å². The fourth-order valence-corrected chi connectivity index (χ4v) is 7.37. The first-order chi connectivity index (χ1) is 36.0. The average Bonchev–Trinajstić information content (AvgIpc) is 3.30. The standard InChI is InChI=1S/C45H65F3N10O19.Gd/c1-26(2)40(44(76)53-30(19-35(63)64)41(73)50-21-27-3-5-28(6-4-27)77-45(46,47)48)54-42(74)29(7-8-34(61)62)52-43(75)31(20-36(65)66)51-32(59)9-10-49-33(60)22-55-11-13-56(23-37(67)68)15-17-58(25-39(71)72)18-16-57(14-12-55)24-38(69)70;/h3-6,26,29-31,40H,7-25H2,1-2H3,(H,49,60)(H,50,73)(H,51,59)(H,52,75)(H,53,76)(H,54,74)(H,61,62)(H,63,64)(H,65,66)(H,67,68)(H,69,70)(H,71,72);/q;+3. The van der Waals surface area contributed by atoms with Crippen LogP contribution in [0.5, 0.6) is 5.75 Å². The fraction of sp³-hybridized carbons (Fsp3) is 0.600. The van der Waals surface area contributed by atoms with Crippen molar-refractivity contribution in [3.05, 3.63) is 29.8 Å². The molecule has 1 fully saturated rings. The van der Waals surface area contributed by atoms with E-state index in [4.69, 9.17) is 0 Å². The second kappa shape index (κ2) is 35.2. The summed E-state index contributed by atoms with van der Waals surface area (Å²) in [6.45, 7) is 1.62. The molecule has 1 aliphatic heterocycles. The van der Waals surface area contributed by atoms with Crippen molar-refractivity contribution in [2.45, 2.75) is 83.0 Å². The van der Waals surface area contributed by atoms with E-state index in [1.54, 1.807) is 19.6 Å². The molecule has 1 aromatic carbocycles. The molecule has 0 aliphatic carbocycles. The number of alkyl halides is 3. The van der Waals surface area contributed by atoms with Crippen molar-refractivity contribution in [2.75, 3.05) is 85.1 Å². The average molecular weight is 1260 g/mol. The number of ether oxygens (including phenoxy) is 1. The van der Waals surface area contributed by atoms with Crippen molar-refractivity contribution in [1.29, 1.82) is 0 Å². The van der Waals surface area contributed by atoms with Gasteiger partial charge in [-0.25, -0.2) is 0 Å². The van der Waals surface area contributed by atoms with Gasteiger partial charge in [0.15, 0.2) is 0 Å². The quantitative estimate of drug-likeness (QED) is 0.0357. The summed E-state index contributed by atoms with van der Waals surface area (Å²) < 4.78 is 41.4. The SMILES string of the molecule is CC(C)C(NC(=O)C(CCC(=O)O)NC(=O)C(CC(=O)O)NC(=O)CCNC(=O)CN1CCN(CC(=O)O)CCN(CC(=O)O)CCN(CC(=O)O)CC1)C(=O)NC(CC(=O)O)C(=O)NCc1ccc(OC(F)(F)F)cc1.[Gd+3]. The van der Waals surface area contributed by atoms with E-state index in [9.17, 15) is 101 Å². The minimum atomic E-state index is -4.97. The molecule has 1 radical (unpaired) electrons. The Morgan fingerprint density at radius 2 is 0.936 bits per heavy atom. The summed E-state index contributed by atoms with van der Waals surface area (Å²) in [7, 11) is 0. The first-order valence-corrected chi connectivity index (χ1v) is 23.8. The van der Waals surface area contributed by atoms with E-state index >= 15 is 0 Å². The Kier molecular flexibility index (Phi) is 31.4. The molecule has 12 N–H and O–H groups in total. The molecule has 435 valence electrons. The van der Waals surface area contributed by atoms with E-state index in [0.717, 1.165) is 12.1 Å². The monoisotopic (exact) mass is 1260 g/mol. The number of carboxylic acid groups (broad SMARTS) is 6. The molecular weight excluding hydrogens is 1200 g/mol. The zero-order valence-corrected chi connectivity index (χ0v) is 44.7. The number of benzene rings is 1. The van der Waals surface area contributed by atoms with Gasteiger partial charge in [0.1, 0.15) is 29.9 Å². The van der Waals surface area contributed by atoms with Crippen molar-refractivity contribution >= 4 is 71.3 Å². The smallest absolute Gasteiger partial charge is 0.481 e. The summed E-state index contributed by atoms with van der Waals surface area (Å²) >= 11 is 0. The normalized spacial score (nSPS) is 15.7. The van der Waals surface area contributed by atoms with Crippen molar-refractivity contribution in [1.82, 2.24) is 51.5 Å². The number of carbonyl (C=O) groups is 12. The van der Waals surface area contributed by atoms with Gasteiger partial charge in [0, 0.05) is 78.3 Å². The third-order valence-electron chi connectivity index (χ3n) is 11.2. The van der Waals surface area contributed by atoms with Crippen LogP contribution >= 0.6 is 0 Å². The number of carboxylic acids is 6. The molecule has 1 heterocycles. The molecule has 2 rings (SSSR count). The predicted octanol–water partition coefficient (Wildman–Crippen LogP) is -3.41. The first-order valence-electron chi connectivity index (χ1n) is 23.8. The molecule has 33 heteroatoms. The van der Waals surface area contributed by atoms with Crippen LogP contribution < -0.4 is 36.6 Å². The minimum Gasteiger partial charge on any atom is -0.481 e. The Bertz CT molecular complexity index is 2220. The van der Waals surface area contributed by atoms with Crippen LogP contribution in [0.15, 0.2) is 24.3 Å². The number of amides is 6. The van der Waals surface area contributed by atoms with Gasteiger partial charge in [-0.15, -0.1) is 13.2 Å². The molecule has 0 bridgehead atoms. The number of rotatable bonds is 30. The van der Waals surface area contributed by atoms with E-state index in [-0.39, 0.29) is 124 Å². The Balaban J connectivity index is 0.0000304. The van der Waals surface area contributed by atoms with Gasteiger partial charge in [-0.05, 0) is 30.0 Å². The predicted molar refractivity (Wildman–Crippen MR) is 255 cm³/mol. The molecule has 6 amide bonds. The molecule has 78 heavy (non-hydrogen) atoms. The molecule has 29 nitrogen and oxygen atoms in total. The van der Waals surface area contributed by atoms with Crippen molar-refractivity contribution in [3.63, 3.8) is 0 Å². The first kappa shape index (κ1) is 69.6. The van der Waals surface area contributed by atoms with E-state index in [1.165, 1.54) is 26.0 Å². The van der Waals surface area contributed by atoms with E-state index < -0.39 is 159 Å². The number of nitrogens with zero attached hydrogens (tertiary/aromatic N) is 4. The molecule has 0 saturated carbocycles.